The predicted octanol–water partition coefficient (Wildman–Crippen LogP) is 2.82. The minimum atomic E-state index is 0.0931. The molecule has 1 amide bonds. The Morgan fingerprint density at radius 1 is 1.14 bits per heavy atom. The average Bonchev–Trinajstić information content (AvgIpc) is 3.35. The van der Waals surface area contributed by atoms with E-state index in [0.29, 0.717) is 17.7 Å². The zero-order chi connectivity index (χ0) is 24.2. The van der Waals surface area contributed by atoms with Crippen molar-refractivity contribution in [2.75, 3.05) is 44.7 Å². The number of ether oxygens (including phenoxy) is 1. The predicted molar refractivity (Wildman–Crippen MR) is 135 cm³/mol. The van der Waals surface area contributed by atoms with Gasteiger partial charge < -0.3 is 19.5 Å². The molecule has 0 radical (unpaired) electrons. The summed E-state index contributed by atoms with van der Waals surface area (Å²) in [5.41, 5.74) is 2.38. The fourth-order valence-electron chi connectivity index (χ4n) is 6.54. The number of rotatable bonds is 6. The van der Waals surface area contributed by atoms with Crippen LogP contribution in [0.15, 0.2) is 24.7 Å². The van der Waals surface area contributed by atoms with Gasteiger partial charge in [-0.1, -0.05) is 0 Å². The van der Waals surface area contributed by atoms with E-state index < -0.39 is 0 Å². The molecule has 10 nitrogen and oxygen atoms in total. The van der Waals surface area contributed by atoms with Gasteiger partial charge in [0, 0.05) is 51.7 Å². The number of morpholine rings is 1. The Bertz CT molecular complexity index is 1270. The SMILES string of the molecule is Cn1cc(Nc2ncc3cnn(C4C[C@@H]5C[C@@H]5C4)c3n2)cc1C(=O)N1CCC[C@H]1CN1CCOCC1. The highest BCUT2D eigenvalue weighted by Crippen LogP contribution is 2.56. The number of carbonyl (C=O) groups is 1. The minimum Gasteiger partial charge on any atom is -0.379 e. The molecule has 10 heteroatoms. The maximum absolute atomic E-state index is 13.5. The molecule has 2 saturated heterocycles. The lowest BCUT2D eigenvalue weighted by Crippen LogP contribution is -2.47. The van der Waals surface area contributed by atoms with E-state index in [1.165, 1.54) is 19.3 Å². The number of hydrogen-bond donors (Lipinski definition) is 1. The molecule has 0 aromatic carbocycles. The molecule has 3 aromatic heterocycles. The molecular formula is C26H34N8O2. The van der Waals surface area contributed by atoms with Crippen LogP contribution in [0.3, 0.4) is 0 Å². The van der Waals surface area contributed by atoms with Crippen molar-refractivity contribution >= 4 is 28.6 Å². The summed E-state index contributed by atoms with van der Waals surface area (Å²) < 4.78 is 9.48. The lowest BCUT2D eigenvalue weighted by atomic mass is 10.2. The van der Waals surface area contributed by atoms with Gasteiger partial charge in [0.15, 0.2) is 5.65 Å². The van der Waals surface area contributed by atoms with Crippen LogP contribution in [0.2, 0.25) is 0 Å². The molecule has 2 aliphatic carbocycles. The molecule has 7 rings (SSSR count). The van der Waals surface area contributed by atoms with Crippen LogP contribution in [0.5, 0.6) is 0 Å². The van der Waals surface area contributed by atoms with Crippen LogP contribution in [0.1, 0.15) is 48.6 Å². The Labute approximate surface area is 210 Å². The van der Waals surface area contributed by atoms with Crippen LogP contribution >= 0.6 is 0 Å². The van der Waals surface area contributed by atoms with Gasteiger partial charge >= 0.3 is 0 Å². The largest absolute Gasteiger partial charge is 0.379 e. The third-order valence-electron chi connectivity index (χ3n) is 8.59. The zero-order valence-corrected chi connectivity index (χ0v) is 20.8. The summed E-state index contributed by atoms with van der Waals surface area (Å²) >= 11 is 0. The normalized spacial score (nSPS) is 28.1. The van der Waals surface area contributed by atoms with Gasteiger partial charge in [-0.3, -0.25) is 9.69 Å². The molecule has 36 heavy (non-hydrogen) atoms. The van der Waals surface area contributed by atoms with Gasteiger partial charge in [-0.2, -0.15) is 10.1 Å². The van der Waals surface area contributed by atoms with Crippen LogP contribution in [-0.4, -0.2) is 85.5 Å². The van der Waals surface area contributed by atoms with Gasteiger partial charge in [-0.05, 0) is 50.0 Å². The van der Waals surface area contributed by atoms with Crippen LogP contribution < -0.4 is 5.32 Å². The van der Waals surface area contributed by atoms with E-state index in [1.807, 2.05) is 36.3 Å². The Balaban J connectivity index is 1.07. The summed E-state index contributed by atoms with van der Waals surface area (Å²) in [7, 11) is 1.93. The molecule has 4 fully saturated rings. The van der Waals surface area contributed by atoms with Crippen molar-refractivity contribution in [2.45, 2.75) is 44.2 Å². The lowest BCUT2D eigenvalue weighted by molar-refractivity contribution is 0.0260. The summed E-state index contributed by atoms with van der Waals surface area (Å²) in [5, 5.41) is 8.93. The number of fused-ring (bicyclic) bond motifs is 2. The zero-order valence-electron chi connectivity index (χ0n) is 20.8. The molecule has 1 unspecified atom stereocenters. The van der Waals surface area contributed by atoms with E-state index in [9.17, 15) is 4.79 Å². The van der Waals surface area contributed by atoms with E-state index in [-0.39, 0.29) is 11.9 Å². The van der Waals surface area contributed by atoms with E-state index in [2.05, 4.69) is 29.9 Å². The average molecular weight is 491 g/mol. The van der Waals surface area contributed by atoms with Crippen molar-refractivity contribution in [3.63, 3.8) is 0 Å². The minimum absolute atomic E-state index is 0.0931. The Hall–Kier alpha value is -2.98. The van der Waals surface area contributed by atoms with Crippen molar-refractivity contribution in [1.82, 2.24) is 34.1 Å². The first-order valence-electron chi connectivity index (χ1n) is 13.4. The Kier molecular flexibility index (Phi) is 5.46. The highest BCUT2D eigenvalue weighted by Gasteiger charge is 2.47. The monoisotopic (exact) mass is 490 g/mol. The summed E-state index contributed by atoms with van der Waals surface area (Å²) in [5.74, 6) is 2.40. The highest BCUT2D eigenvalue weighted by molar-refractivity contribution is 5.94. The highest BCUT2D eigenvalue weighted by atomic mass is 16.5. The molecular weight excluding hydrogens is 456 g/mol. The molecule has 0 spiro atoms. The van der Waals surface area contributed by atoms with E-state index in [0.717, 1.165) is 80.8 Å². The van der Waals surface area contributed by atoms with Gasteiger partial charge in [-0.25, -0.2) is 9.67 Å². The number of hydrogen-bond acceptors (Lipinski definition) is 7. The number of likely N-dealkylation sites (tertiary alicyclic amines) is 1. The topological polar surface area (TPSA) is 93.3 Å². The molecule has 4 atom stereocenters. The maximum atomic E-state index is 13.5. The van der Waals surface area contributed by atoms with Crippen LogP contribution in [0, 0.1) is 11.8 Å². The molecule has 2 aliphatic heterocycles. The fourth-order valence-corrected chi connectivity index (χ4v) is 6.54. The molecule has 2 saturated carbocycles. The second-order valence-electron chi connectivity index (χ2n) is 11.0. The third-order valence-corrected chi connectivity index (χ3v) is 8.59. The number of anilines is 2. The molecule has 5 heterocycles. The number of carbonyl (C=O) groups excluding carboxylic acids is 1. The first kappa shape index (κ1) is 22.2. The van der Waals surface area contributed by atoms with Gasteiger partial charge in [0.05, 0.1) is 36.5 Å². The van der Waals surface area contributed by atoms with Crippen molar-refractivity contribution in [3.8, 4) is 0 Å². The van der Waals surface area contributed by atoms with Crippen molar-refractivity contribution < 1.29 is 9.53 Å². The van der Waals surface area contributed by atoms with Crippen LogP contribution in [0.4, 0.5) is 11.6 Å². The molecule has 190 valence electrons. The maximum Gasteiger partial charge on any atom is 0.270 e. The Morgan fingerprint density at radius 3 is 2.81 bits per heavy atom. The number of nitrogens with zero attached hydrogens (tertiary/aromatic N) is 7. The van der Waals surface area contributed by atoms with Gasteiger partial charge in [0.2, 0.25) is 5.95 Å². The number of aryl methyl sites for hydroxylation is 1. The first-order chi connectivity index (χ1) is 17.6. The second-order valence-corrected chi connectivity index (χ2v) is 11.0. The first-order valence-corrected chi connectivity index (χ1v) is 13.4. The van der Waals surface area contributed by atoms with Gasteiger partial charge in [0.1, 0.15) is 5.69 Å². The van der Waals surface area contributed by atoms with Crippen LogP contribution in [-0.2, 0) is 11.8 Å². The summed E-state index contributed by atoms with van der Waals surface area (Å²) in [6.45, 7) is 5.20. The van der Waals surface area contributed by atoms with Crippen molar-refractivity contribution in [3.05, 3.63) is 30.4 Å². The quantitative estimate of drug-likeness (QED) is 0.568. The molecule has 4 aliphatic rings. The van der Waals surface area contributed by atoms with Crippen LogP contribution in [0.25, 0.3) is 11.0 Å². The van der Waals surface area contributed by atoms with Gasteiger partial charge in [0.25, 0.3) is 5.91 Å². The molecule has 0 bridgehead atoms. The fraction of sp³-hybridized carbons (Fsp3) is 0.615. The smallest absolute Gasteiger partial charge is 0.270 e. The molecule has 3 aromatic rings. The van der Waals surface area contributed by atoms with Crippen molar-refractivity contribution in [2.24, 2.45) is 18.9 Å². The molecule has 1 N–H and O–H groups in total. The number of amides is 1. The number of nitrogens with one attached hydrogen (secondary N) is 1. The summed E-state index contributed by atoms with van der Waals surface area (Å²) in [4.78, 5) is 27.3. The van der Waals surface area contributed by atoms with E-state index in [1.54, 1.807) is 0 Å². The third kappa shape index (κ3) is 4.06. The lowest BCUT2D eigenvalue weighted by Gasteiger charge is -2.33. The Morgan fingerprint density at radius 2 is 1.97 bits per heavy atom. The summed E-state index contributed by atoms with van der Waals surface area (Å²) in [6, 6.07) is 2.62. The van der Waals surface area contributed by atoms with E-state index >= 15 is 0 Å². The summed E-state index contributed by atoms with van der Waals surface area (Å²) in [6.07, 6.45) is 11.6. The standard InChI is InChI=1S/C26H34N8O2/c1-31-15-20(12-23(31)25(35)33-4-2-3-21(33)16-32-5-7-36-8-6-32)29-26-27-13-19-14-28-34(24(19)30-26)22-10-17-9-18(17)11-22/h12-15,17-18,21-22H,2-11,16H2,1H3,(H,27,29,30)/t17-,18+,21-,22?/m0/s1. The van der Waals surface area contributed by atoms with E-state index in [4.69, 9.17) is 9.72 Å². The second kappa shape index (κ2) is 8.85. The van der Waals surface area contributed by atoms with Crippen molar-refractivity contribution in [1.29, 1.82) is 0 Å². The van der Waals surface area contributed by atoms with Gasteiger partial charge in [-0.15, -0.1) is 0 Å². The number of aromatic nitrogens is 5.